The molecule has 0 unspecified atom stereocenters. The van der Waals surface area contributed by atoms with Crippen LogP contribution in [0, 0.1) is 5.82 Å². The van der Waals surface area contributed by atoms with Gasteiger partial charge in [-0.25, -0.2) is 4.39 Å². The van der Waals surface area contributed by atoms with E-state index in [0.717, 1.165) is 12.1 Å². The summed E-state index contributed by atoms with van der Waals surface area (Å²) in [6, 6.07) is 15.0. The summed E-state index contributed by atoms with van der Waals surface area (Å²) < 4.78 is 18.1. The Morgan fingerprint density at radius 2 is 1.70 bits per heavy atom. The van der Waals surface area contributed by atoms with Crippen molar-refractivity contribution in [3.63, 3.8) is 0 Å². The van der Waals surface area contributed by atoms with Gasteiger partial charge in [-0.3, -0.25) is 0 Å². The van der Waals surface area contributed by atoms with Crippen molar-refractivity contribution >= 4 is 0 Å². The maximum Gasteiger partial charge on any atom is 0.123 e. The third-order valence-electron chi connectivity index (χ3n) is 3.39. The van der Waals surface area contributed by atoms with Crippen molar-refractivity contribution in [2.24, 2.45) is 0 Å². The Hall–Kier alpha value is -1.71. The lowest BCUT2D eigenvalue weighted by Crippen LogP contribution is -2.19. The molecule has 0 saturated carbocycles. The third kappa shape index (κ3) is 3.89. The molecule has 0 bridgehead atoms. The van der Waals surface area contributed by atoms with Gasteiger partial charge < -0.3 is 10.1 Å². The number of benzene rings is 2. The monoisotopic (exact) mass is 273 g/mol. The van der Waals surface area contributed by atoms with Gasteiger partial charge in [0.05, 0.1) is 6.61 Å². The summed E-state index contributed by atoms with van der Waals surface area (Å²) in [5, 5.41) is 3.46. The summed E-state index contributed by atoms with van der Waals surface area (Å²) in [6.07, 6.45) is 0. The number of methoxy groups -OCH3 is 1. The minimum absolute atomic E-state index is 0.172. The molecule has 3 heteroatoms. The van der Waals surface area contributed by atoms with Crippen LogP contribution in [0.15, 0.2) is 48.5 Å². The van der Waals surface area contributed by atoms with Crippen molar-refractivity contribution in [2.75, 3.05) is 7.11 Å². The van der Waals surface area contributed by atoms with Crippen molar-refractivity contribution in [1.29, 1.82) is 0 Å². The zero-order chi connectivity index (χ0) is 14.4. The van der Waals surface area contributed by atoms with Crippen LogP contribution in [-0.2, 0) is 17.9 Å². The molecule has 0 heterocycles. The van der Waals surface area contributed by atoms with Gasteiger partial charge >= 0.3 is 0 Å². The highest BCUT2D eigenvalue weighted by Crippen LogP contribution is 2.15. The number of hydrogen-bond acceptors (Lipinski definition) is 2. The summed E-state index contributed by atoms with van der Waals surface area (Å²) in [5.41, 5.74) is 3.49. The number of hydrogen-bond donors (Lipinski definition) is 1. The van der Waals surface area contributed by atoms with E-state index in [2.05, 4.69) is 24.4 Å². The fraction of sp³-hybridized carbons (Fsp3) is 0.294. The van der Waals surface area contributed by atoms with E-state index in [1.54, 1.807) is 7.11 Å². The molecule has 0 aromatic heterocycles. The molecule has 0 aliphatic heterocycles. The number of halogens is 1. The quantitative estimate of drug-likeness (QED) is 0.864. The second-order valence-corrected chi connectivity index (χ2v) is 4.86. The van der Waals surface area contributed by atoms with Crippen LogP contribution in [0.1, 0.15) is 29.7 Å². The highest BCUT2D eigenvalue weighted by molar-refractivity contribution is 5.27. The molecule has 0 saturated heterocycles. The van der Waals surface area contributed by atoms with E-state index in [4.69, 9.17) is 4.74 Å². The van der Waals surface area contributed by atoms with E-state index >= 15 is 0 Å². The van der Waals surface area contributed by atoms with Crippen LogP contribution in [0.5, 0.6) is 0 Å². The average molecular weight is 273 g/mol. The lowest BCUT2D eigenvalue weighted by molar-refractivity contribution is 0.184. The Bertz CT molecular complexity index is 539. The first-order valence-electron chi connectivity index (χ1n) is 6.75. The molecule has 0 aliphatic rings. The van der Waals surface area contributed by atoms with E-state index in [-0.39, 0.29) is 11.9 Å². The van der Waals surface area contributed by atoms with Crippen molar-refractivity contribution in [3.05, 3.63) is 71.0 Å². The molecular formula is C17H20FNO. The molecule has 1 atom stereocenters. The van der Waals surface area contributed by atoms with Gasteiger partial charge in [0, 0.05) is 19.7 Å². The zero-order valence-corrected chi connectivity index (χ0v) is 11.9. The molecule has 0 radical (unpaired) electrons. The Balaban J connectivity index is 1.99. The second kappa shape index (κ2) is 7.17. The summed E-state index contributed by atoms with van der Waals surface area (Å²) in [7, 11) is 1.70. The van der Waals surface area contributed by atoms with Gasteiger partial charge in [0.15, 0.2) is 0 Å². The van der Waals surface area contributed by atoms with Gasteiger partial charge in [-0.2, -0.15) is 0 Å². The van der Waals surface area contributed by atoms with Crippen LogP contribution in [0.25, 0.3) is 0 Å². The molecule has 1 N–H and O–H groups in total. The smallest absolute Gasteiger partial charge is 0.123 e. The second-order valence-electron chi connectivity index (χ2n) is 4.86. The first-order chi connectivity index (χ1) is 9.70. The van der Waals surface area contributed by atoms with E-state index in [9.17, 15) is 4.39 Å². The lowest BCUT2D eigenvalue weighted by atomic mass is 10.1. The molecular weight excluding hydrogens is 253 g/mol. The van der Waals surface area contributed by atoms with Crippen LogP contribution in [0.3, 0.4) is 0 Å². The van der Waals surface area contributed by atoms with Crippen LogP contribution >= 0.6 is 0 Å². The molecule has 2 rings (SSSR count). The molecule has 2 aromatic carbocycles. The predicted octanol–water partition coefficient (Wildman–Crippen LogP) is 3.82. The predicted molar refractivity (Wildman–Crippen MR) is 78.8 cm³/mol. The normalized spacial score (nSPS) is 12.3. The Morgan fingerprint density at radius 1 is 1.05 bits per heavy atom. The van der Waals surface area contributed by atoms with Gasteiger partial charge in [0.1, 0.15) is 5.82 Å². The summed E-state index contributed by atoms with van der Waals surface area (Å²) in [4.78, 5) is 0. The van der Waals surface area contributed by atoms with E-state index < -0.39 is 0 Å². The minimum atomic E-state index is -0.202. The average Bonchev–Trinajstić information content (AvgIpc) is 2.47. The van der Waals surface area contributed by atoms with Gasteiger partial charge in [0.25, 0.3) is 0 Å². The number of nitrogens with one attached hydrogen (secondary N) is 1. The van der Waals surface area contributed by atoms with E-state index in [1.165, 1.54) is 23.3 Å². The zero-order valence-electron chi connectivity index (χ0n) is 11.9. The van der Waals surface area contributed by atoms with Crippen LogP contribution < -0.4 is 5.32 Å². The maximum atomic E-state index is 12.9. The molecule has 20 heavy (non-hydrogen) atoms. The van der Waals surface area contributed by atoms with Gasteiger partial charge in [-0.1, -0.05) is 36.4 Å². The maximum absolute atomic E-state index is 12.9. The van der Waals surface area contributed by atoms with Gasteiger partial charge in [0.2, 0.25) is 0 Å². The van der Waals surface area contributed by atoms with Crippen molar-refractivity contribution in [1.82, 2.24) is 5.32 Å². The fourth-order valence-electron chi connectivity index (χ4n) is 2.16. The molecule has 0 fully saturated rings. The minimum Gasteiger partial charge on any atom is -0.380 e. The van der Waals surface area contributed by atoms with Gasteiger partial charge in [-0.05, 0) is 35.7 Å². The Labute approximate surface area is 119 Å². The summed E-state index contributed by atoms with van der Waals surface area (Å²) in [5.74, 6) is -0.202. The van der Waals surface area contributed by atoms with E-state index in [1.807, 2.05) is 24.3 Å². The van der Waals surface area contributed by atoms with Crippen molar-refractivity contribution in [3.8, 4) is 0 Å². The molecule has 0 aliphatic carbocycles. The fourth-order valence-corrected chi connectivity index (χ4v) is 2.16. The SMILES string of the molecule is COCc1ccccc1CN[C@H](C)c1ccc(F)cc1. The summed E-state index contributed by atoms with van der Waals surface area (Å²) in [6.45, 7) is 3.45. The van der Waals surface area contributed by atoms with Crippen LogP contribution in [0.2, 0.25) is 0 Å². The largest absolute Gasteiger partial charge is 0.380 e. The summed E-state index contributed by atoms with van der Waals surface area (Å²) >= 11 is 0. The van der Waals surface area contributed by atoms with Crippen molar-refractivity contribution < 1.29 is 9.13 Å². The van der Waals surface area contributed by atoms with Gasteiger partial charge in [-0.15, -0.1) is 0 Å². The molecule has 0 spiro atoms. The third-order valence-corrected chi connectivity index (χ3v) is 3.39. The molecule has 106 valence electrons. The Morgan fingerprint density at radius 3 is 2.35 bits per heavy atom. The number of ether oxygens (including phenoxy) is 1. The number of rotatable bonds is 6. The topological polar surface area (TPSA) is 21.3 Å². The van der Waals surface area contributed by atoms with E-state index in [0.29, 0.717) is 6.61 Å². The standard InChI is InChI=1S/C17H20FNO/c1-13(14-7-9-17(18)10-8-14)19-11-15-5-3-4-6-16(15)12-20-2/h3-10,13,19H,11-12H2,1-2H3/t13-/m1/s1. The lowest BCUT2D eigenvalue weighted by Gasteiger charge is -2.16. The highest BCUT2D eigenvalue weighted by atomic mass is 19.1. The van der Waals surface area contributed by atoms with Crippen LogP contribution in [0.4, 0.5) is 4.39 Å². The van der Waals surface area contributed by atoms with Crippen LogP contribution in [-0.4, -0.2) is 7.11 Å². The highest BCUT2D eigenvalue weighted by Gasteiger charge is 2.07. The molecule has 0 amide bonds. The first-order valence-corrected chi connectivity index (χ1v) is 6.75. The molecule has 2 aromatic rings. The first kappa shape index (κ1) is 14.7. The van der Waals surface area contributed by atoms with Crippen molar-refractivity contribution in [2.45, 2.75) is 26.1 Å². The molecule has 2 nitrogen and oxygen atoms in total. The Kier molecular flexibility index (Phi) is 5.27.